The van der Waals surface area contributed by atoms with Gasteiger partial charge in [-0.25, -0.2) is 9.18 Å². The number of halogens is 1. The fourth-order valence-corrected chi connectivity index (χ4v) is 2.02. The van der Waals surface area contributed by atoms with Crippen LogP contribution < -0.4 is 0 Å². The van der Waals surface area contributed by atoms with Gasteiger partial charge >= 0.3 is 5.97 Å². The van der Waals surface area contributed by atoms with Gasteiger partial charge in [0.1, 0.15) is 5.82 Å². The number of aryl methyl sites for hydroxylation is 1. The minimum atomic E-state index is -1.27. The summed E-state index contributed by atoms with van der Waals surface area (Å²) in [7, 11) is 0. The van der Waals surface area contributed by atoms with Gasteiger partial charge in [0.15, 0.2) is 0 Å². The van der Waals surface area contributed by atoms with E-state index >= 15 is 0 Å². The minimum Gasteiger partial charge on any atom is -0.478 e. The molecule has 0 saturated heterocycles. The summed E-state index contributed by atoms with van der Waals surface area (Å²) in [5.74, 6) is -1.99. The van der Waals surface area contributed by atoms with Crippen molar-refractivity contribution in [2.45, 2.75) is 26.8 Å². The third-order valence-electron chi connectivity index (χ3n) is 3.05. The molecule has 0 spiro atoms. The van der Waals surface area contributed by atoms with Crippen molar-refractivity contribution in [2.75, 3.05) is 0 Å². The maximum Gasteiger partial charge on any atom is 0.338 e. The van der Waals surface area contributed by atoms with Crippen LogP contribution in [0, 0.1) is 12.7 Å². The summed E-state index contributed by atoms with van der Waals surface area (Å²) >= 11 is 0. The van der Waals surface area contributed by atoms with E-state index in [1.165, 1.54) is 12.1 Å². The third-order valence-corrected chi connectivity index (χ3v) is 3.05. The van der Waals surface area contributed by atoms with Crippen molar-refractivity contribution in [3.8, 4) is 11.1 Å². The zero-order chi connectivity index (χ0) is 14.0. The molecular weight excluding hydrogens is 247 g/mol. The first kappa shape index (κ1) is 13.3. The summed E-state index contributed by atoms with van der Waals surface area (Å²) in [6.07, 6.45) is 2.65. The highest BCUT2D eigenvalue weighted by Gasteiger charge is 2.14. The maximum atomic E-state index is 13.4. The van der Waals surface area contributed by atoms with Crippen molar-refractivity contribution < 1.29 is 14.3 Å². The van der Waals surface area contributed by atoms with Crippen LogP contribution in [0.5, 0.6) is 0 Å². The van der Waals surface area contributed by atoms with Crippen LogP contribution in [0.15, 0.2) is 24.4 Å². The Kier molecular flexibility index (Phi) is 3.64. The molecular formula is C14H15FN2O2. The first-order valence-corrected chi connectivity index (χ1v) is 6.10. The Balaban J connectivity index is 2.47. The van der Waals surface area contributed by atoms with Gasteiger partial charge in [0.2, 0.25) is 0 Å². The van der Waals surface area contributed by atoms with Gasteiger partial charge in [-0.05, 0) is 31.0 Å². The zero-order valence-electron chi connectivity index (χ0n) is 10.9. The molecule has 2 aromatic rings. The van der Waals surface area contributed by atoms with Gasteiger partial charge in [-0.15, -0.1) is 0 Å². The Morgan fingerprint density at radius 3 is 2.84 bits per heavy atom. The number of hydrogen-bond acceptors (Lipinski definition) is 2. The van der Waals surface area contributed by atoms with E-state index in [1.54, 1.807) is 12.3 Å². The highest BCUT2D eigenvalue weighted by Crippen LogP contribution is 2.25. The summed E-state index contributed by atoms with van der Waals surface area (Å²) in [5, 5.41) is 13.2. The predicted octanol–water partition coefficient (Wildman–Crippen LogP) is 3.11. The van der Waals surface area contributed by atoms with Gasteiger partial charge in [-0.3, -0.25) is 4.68 Å². The highest BCUT2D eigenvalue weighted by atomic mass is 19.1. The number of hydrogen-bond donors (Lipinski definition) is 1. The number of nitrogens with zero attached hydrogens (tertiary/aromatic N) is 2. The molecule has 100 valence electrons. The van der Waals surface area contributed by atoms with Gasteiger partial charge < -0.3 is 5.11 Å². The van der Waals surface area contributed by atoms with Crippen molar-refractivity contribution in [3.05, 3.63) is 41.5 Å². The Hall–Kier alpha value is -2.17. The highest BCUT2D eigenvalue weighted by molar-refractivity contribution is 5.89. The van der Waals surface area contributed by atoms with Crippen LogP contribution in [0.25, 0.3) is 11.1 Å². The average molecular weight is 262 g/mol. The van der Waals surface area contributed by atoms with Crippen LogP contribution in [0.2, 0.25) is 0 Å². The molecule has 2 rings (SSSR count). The summed E-state index contributed by atoms with van der Waals surface area (Å²) in [4.78, 5) is 10.9. The SMILES string of the molecule is CCCn1ncc(-c2ccc(F)c(C(=O)O)c2)c1C. The van der Waals surface area contributed by atoms with Crippen LogP contribution in [0.3, 0.4) is 0 Å². The molecule has 0 aliphatic carbocycles. The predicted molar refractivity (Wildman–Crippen MR) is 69.6 cm³/mol. The normalized spacial score (nSPS) is 10.7. The lowest BCUT2D eigenvalue weighted by Gasteiger charge is -2.05. The van der Waals surface area contributed by atoms with Crippen molar-refractivity contribution in [3.63, 3.8) is 0 Å². The monoisotopic (exact) mass is 262 g/mol. The number of carbonyl (C=O) groups is 1. The maximum absolute atomic E-state index is 13.4. The van der Waals surface area contributed by atoms with E-state index in [9.17, 15) is 9.18 Å². The lowest BCUT2D eigenvalue weighted by Crippen LogP contribution is -2.02. The zero-order valence-corrected chi connectivity index (χ0v) is 10.9. The van der Waals surface area contributed by atoms with E-state index < -0.39 is 11.8 Å². The topological polar surface area (TPSA) is 55.1 Å². The second kappa shape index (κ2) is 5.22. The van der Waals surface area contributed by atoms with Crippen molar-refractivity contribution in [1.29, 1.82) is 0 Å². The fourth-order valence-electron chi connectivity index (χ4n) is 2.02. The molecule has 0 fully saturated rings. The lowest BCUT2D eigenvalue weighted by molar-refractivity contribution is 0.0692. The molecule has 1 N–H and O–H groups in total. The first-order chi connectivity index (χ1) is 9.04. The molecule has 19 heavy (non-hydrogen) atoms. The summed E-state index contributed by atoms with van der Waals surface area (Å²) < 4.78 is 15.2. The molecule has 0 bridgehead atoms. The molecule has 1 aromatic carbocycles. The van der Waals surface area contributed by atoms with Crippen LogP contribution in [-0.2, 0) is 6.54 Å². The minimum absolute atomic E-state index is 0.319. The van der Waals surface area contributed by atoms with E-state index in [0.29, 0.717) is 5.56 Å². The number of aromatic nitrogens is 2. The number of aromatic carboxylic acids is 1. The smallest absolute Gasteiger partial charge is 0.338 e. The van der Waals surface area contributed by atoms with Crippen LogP contribution in [0.1, 0.15) is 29.4 Å². The van der Waals surface area contributed by atoms with Crippen molar-refractivity contribution >= 4 is 5.97 Å². The number of benzene rings is 1. The molecule has 4 nitrogen and oxygen atoms in total. The van der Waals surface area contributed by atoms with E-state index in [-0.39, 0.29) is 5.56 Å². The van der Waals surface area contributed by atoms with Crippen LogP contribution in [0.4, 0.5) is 4.39 Å². The third kappa shape index (κ3) is 2.50. The largest absolute Gasteiger partial charge is 0.478 e. The molecule has 0 atom stereocenters. The molecule has 0 radical (unpaired) electrons. The summed E-state index contributed by atoms with van der Waals surface area (Å²) in [6, 6.07) is 4.09. The molecule has 1 heterocycles. The second-order valence-corrected chi connectivity index (χ2v) is 4.37. The quantitative estimate of drug-likeness (QED) is 0.921. The molecule has 0 amide bonds. The van der Waals surface area contributed by atoms with Crippen molar-refractivity contribution in [1.82, 2.24) is 9.78 Å². The van der Waals surface area contributed by atoms with Gasteiger partial charge in [0.25, 0.3) is 0 Å². The number of carboxylic acids is 1. The molecule has 0 saturated carbocycles. The average Bonchev–Trinajstić information content (AvgIpc) is 2.72. The Bertz CT molecular complexity index is 620. The molecule has 1 aromatic heterocycles. The summed E-state index contributed by atoms with van der Waals surface area (Å²) in [6.45, 7) is 4.78. The number of rotatable bonds is 4. The van der Waals surface area contributed by atoms with Crippen LogP contribution >= 0.6 is 0 Å². The lowest BCUT2D eigenvalue weighted by atomic mass is 10.0. The Morgan fingerprint density at radius 2 is 2.21 bits per heavy atom. The number of carboxylic acid groups (broad SMARTS) is 1. The molecule has 0 aliphatic rings. The summed E-state index contributed by atoms with van der Waals surface area (Å²) in [5.41, 5.74) is 2.12. The molecule has 5 heteroatoms. The second-order valence-electron chi connectivity index (χ2n) is 4.37. The van der Waals surface area contributed by atoms with Crippen molar-refractivity contribution in [2.24, 2.45) is 0 Å². The Labute approximate surface area is 110 Å². The van der Waals surface area contributed by atoms with E-state index in [4.69, 9.17) is 5.11 Å². The van der Waals surface area contributed by atoms with Gasteiger partial charge in [0, 0.05) is 17.8 Å². The van der Waals surface area contributed by atoms with Gasteiger partial charge in [0.05, 0.1) is 11.8 Å². The molecule has 0 unspecified atom stereocenters. The van der Waals surface area contributed by atoms with Crippen LogP contribution in [-0.4, -0.2) is 20.9 Å². The van der Waals surface area contributed by atoms with E-state index in [1.807, 2.05) is 11.6 Å². The standard InChI is InChI=1S/C14H15FN2O2/c1-3-6-17-9(2)12(8-16-17)10-4-5-13(15)11(7-10)14(18)19/h4-5,7-8H,3,6H2,1-2H3,(H,18,19). The van der Waals surface area contributed by atoms with Gasteiger partial charge in [-0.1, -0.05) is 13.0 Å². The van der Waals surface area contributed by atoms with E-state index in [2.05, 4.69) is 12.0 Å². The van der Waals surface area contributed by atoms with E-state index in [0.717, 1.165) is 24.2 Å². The fraction of sp³-hybridized carbons (Fsp3) is 0.286. The molecule has 0 aliphatic heterocycles. The van der Waals surface area contributed by atoms with Gasteiger partial charge in [-0.2, -0.15) is 5.10 Å². The Morgan fingerprint density at radius 1 is 1.47 bits per heavy atom. The first-order valence-electron chi connectivity index (χ1n) is 6.10.